The average Bonchev–Trinajstić information content (AvgIpc) is 2.70. The third kappa shape index (κ3) is 1.60. The Morgan fingerprint density at radius 1 is 1.43 bits per heavy atom. The lowest BCUT2D eigenvalue weighted by Gasteiger charge is -1.91. The lowest BCUT2D eigenvalue weighted by atomic mass is 10.2. The highest BCUT2D eigenvalue weighted by atomic mass is 32.1. The zero-order valence-electron chi connectivity index (χ0n) is 7.89. The summed E-state index contributed by atoms with van der Waals surface area (Å²) >= 11 is 1.36. The number of thiazole rings is 1. The zero-order chi connectivity index (χ0) is 10.1. The summed E-state index contributed by atoms with van der Waals surface area (Å²) in [7, 11) is 0. The maximum atomic E-state index is 5.50. The Bertz CT molecular complexity index is 434. The van der Waals surface area contributed by atoms with E-state index in [0.717, 1.165) is 0 Å². The number of aromatic nitrogens is 3. The number of rotatable bonds is 2. The minimum absolute atomic E-state index is 0.253. The average molecular weight is 210 g/mol. The van der Waals surface area contributed by atoms with Gasteiger partial charge >= 0.3 is 0 Å². The first-order valence-corrected chi connectivity index (χ1v) is 5.09. The molecule has 0 aromatic carbocycles. The highest BCUT2D eigenvalue weighted by Gasteiger charge is 2.13. The van der Waals surface area contributed by atoms with Crippen LogP contribution in [0.5, 0.6) is 0 Å². The van der Waals surface area contributed by atoms with Gasteiger partial charge in [-0.2, -0.15) is 4.98 Å². The van der Waals surface area contributed by atoms with Gasteiger partial charge in [-0.15, -0.1) is 11.3 Å². The van der Waals surface area contributed by atoms with Gasteiger partial charge in [0.15, 0.2) is 11.0 Å². The van der Waals surface area contributed by atoms with Gasteiger partial charge in [-0.25, -0.2) is 4.98 Å². The molecular weight excluding hydrogens is 200 g/mol. The maximum Gasteiger partial charge on any atom is 0.277 e. The van der Waals surface area contributed by atoms with Crippen LogP contribution in [0.3, 0.4) is 0 Å². The fraction of sp³-hybridized carbons (Fsp3) is 0.375. The number of nitrogens with two attached hydrogens (primary N) is 1. The zero-order valence-corrected chi connectivity index (χ0v) is 8.71. The fourth-order valence-electron chi connectivity index (χ4n) is 0.959. The SMILES string of the molecule is CC(C)c1noc(-c2csc(N)n2)n1. The van der Waals surface area contributed by atoms with E-state index >= 15 is 0 Å². The minimum Gasteiger partial charge on any atom is -0.375 e. The number of anilines is 1. The Balaban J connectivity index is 2.33. The van der Waals surface area contributed by atoms with Gasteiger partial charge in [0.05, 0.1) is 0 Å². The van der Waals surface area contributed by atoms with Crippen molar-refractivity contribution >= 4 is 16.5 Å². The second-order valence-corrected chi connectivity index (χ2v) is 4.07. The van der Waals surface area contributed by atoms with Crippen LogP contribution in [0.15, 0.2) is 9.90 Å². The third-order valence-corrected chi connectivity index (χ3v) is 2.37. The molecule has 2 heterocycles. The largest absolute Gasteiger partial charge is 0.375 e. The number of nitrogens with zero attached hydrogens (tertiary/aromatic N) is 3. The van der Waals surface area contributed by atoms with Crippen LogP contribution in [-0.2, 0) is 0 Å². The Morgan fingerprint density at radius 3 is 2.71 bits per heavy atom. The summed E-state index contributed by atoms with van der Waals surface area (Å²) in [5.74, 6) is 1.37. The third-order valence-electron chi connectivity index (χ3n) is 1.70. The molecule has 0 bridgehead atoms. The van der Waals surface area contributed by atoms with Gasteiger partial charge in [0, 0.05) is 11.3 Å². The van der Waals surface area contributed by atoms with Crippen molar-refractivity contribution in [2.75, 3.05) is 5.73 Å². The number of hydrogen-bond donors (Lipinski definition) is 1. The molecular formula is C8H10N4OS. The van der Waals surface area contributed by atoms with Crippen LogP contribution >= 0.6 is 11.3 Å². The molecule has 74 valence electrons. The predicted molar refractivity (Wildman–Crippen MR) is 53.9 cm³/mol. The molecule has 0 aliphatic rings. The van der Waals surface area contributed by atoms with Gasteiger partial charge in [0.2, 0.25) is 0 Å². The molecule has 0 unspecified atom stereocenters. The van der Waals surface area contributed by atoms with E-state index in [0.29, 0.717) is 22.5 Å². The monoisotopic (exact) mass is 210 g/mol. The molecule has 0 aliphatic carbocycles. The second-order valence-electron chi connectivity index (χ2n) is 3.18. The molecule has 2 rings (SSSR count). The molecule has 2 aromatic heterocycles. The van der Waals surface area contributed by atoms with Crippen LogP contribution in [0.2, 0.25) is 0 Å². The summed E-state index contributed by atoms with van der Waals surface area (Å²) in [5, 5.41) is 6.14. The molecule has 6 heteroatoms. The smallest absolute Gasteiger partial charge is 0.277 e. The molecule has 0 atom stereocenters. The first kappa shape index (κ1) is 9.14. The molecule has 0 radical (unpaired) electrons. The topological polar surface area (TPSA) is 77.8 Å². The van der Waals surface area contributed by atoms with E-state index in [-0.39, 0.29) is 5.92 Å². The summed E-state index contributed by atoms with van der Waals surface area (Å²) < 4.78 is 5.05. The van der Waals surface area contributed by atoms with Gasteiger partial charge in [-0.1, -0.05) is 19.0 Å². The van der Waals surface area contributed by atoms with Crippen LogP contribution in [0, 0.1) is 0 Å². The van der Waals surface area contributed by atoms with Crippen LogP contribution in [0.4, 0.5) is 5.13 Å². The van der Waals surface area contributed by atoms with Crippen molar-refractivity contribution in [3.8, 4) is 11.6 Å². The molecule has 0 aliphatic heterocycles. The predicted octanol–water partition coefficient (Wildman–Crippen LogP) is 1.90. The fourth-order valence-corrected chi connectivity index (χ4v) is 1.50. The van der Waals surface area contributed by atoms with Crippen LogP contribution < -0.4 is 5.73 Å². The standard InChI is InChI=1S/C8H10N4OS/c1-4(2)6-11-7(13-12-6)5-3-14-8(9)10-5/h3-4H,1-2H3,(H2,9,10). The Labute approximate surface area is 85.0 Å². The Hall–Kier alpha value is -1.43. The van der Waals surface area contributed by atoms with Crippen LogP contribution in [0.25, 0.3) is 11.6 Å². The molecule has 2 aromatic rings. The summed E-state index contributed by atoms with van der Waals surface area (Å²) in [6.07, 6.45) is 0. The van der Waals surface area contributed by atoms with Gasteiger partial charge < -0.3 is 10.3 Å². The van der Waals surface area contributed by atoms with Crippen molar-refractivity contribution in [1.29, 1.82) is 0 Å². The number of hydrogen-bond acceptors (Lipinski definition) is 6. The summed E-state index contributed by atoms with van der Waals surface area (Å²) in [5.41, 5.74) is 6.15. The van der Waals surface area contributed by atoms with Crippen molar-refractivity contribution in [2.24, 2.45) is 0 Å². The highest BCUT2D eigenvalue weighted by molar-refractivity contribution is 7.13. The molecule has 2 N–H and O–H groups in total. The van der Waals surface area contributed by atoms with Gasteiger partial charge in [0.25, 0.3) is 5.89 Å². The van der Waals surface area contributed by atoms with Crippen molar-refractivity contribution in [1.82, 2.24) is 15.1 Å². The summed E-state index contributed by atoms with van der Waals surface area (Å²) in [6, 6.07) is 0. The van der Waals surface area contributed by atoms with Crippen molar-refractivity contribution < 1.29 is 4.52 Å². The minimum atomic E-state index is 0.253. The molecule has 0 saturated heterocycles. The van der Waals surface area contributed by atoms with Gasteiger partial charge in [-0.05, 0) is 0 Å². The lowest BCUT2D eigenvalue weighted by Crippen LogP contribution is -1.89. The molecule has 0 fully saturated rings. The number of nitrogen functional groups attached to an aromatic ring is 1. The van der Waals surface area contributed by atoms with E-state index in [1.54, 1.807) is 5.38 Å². The van der Waals surface area contributed by atoms with E-state index in [4.69, 9.17) is 10.3 Å². The second kappa shape index (κ2) is 3.38. The summed E-state index contributed by atoms with van der Waals surface area (Å²) in [6.45, 7) is 4.01. The van der Waals surface area contributed by atoms with E-state index < -0.39 is 0 Å². The van der Waals surface area contributed by atoms with Gasteiger partial charge in [-0.3, -0.25) is 0 Å². The first-order chi connectivity index (χ1) is 6.66. The highest BCUT2D eigenvalue weighted by Crippen LogP contribution is 2.22. The van der Waals surface area contributed by atoms with Crippen LogP contribution in [-0.4, -0.2) is 15.1 Å². The molecule has 0 spiro atoms. The van der Waals surface area contributed by atoms with Crippen LogP contribution in [0.1, 0.15) is 25.6 Å². The molecule has 5 nitrogen and oxygen atoms in total. The molecule has 0 saturated carbocycles. The quantitative estimate of drug-likeness (QED) is 0.819. The van der Waals surface area contributed by atoms with Crippen molar-refractivity contribution in [3.05, 3.63) is 11.2 Å². The van der Waals surface area contributed by atoms with Gasteiger partial charge in [0.1, 0.15) is 5.69 Å². The van der Waals surface area contributed by atoms with Crippen molar-refractivity contribution in [2.45, 2.75) is 19.8 Å². The van der Waals surface area contributed by atoms with E-state index in [2.05, 4.69) is 15.1 Å². The molecule has 0 amide bonds. The lowest BCUT2D eigenvalue weighted by molar-refractivity contribution is 0.418. The first-order valence-electron chi connectivity index (χ1n) is 4.22. The Kier molecular flexibility index (Phi) is 2.20. The summed E-state index contributed by atoms with van der Waals surface area (Å²) in [4.78, 5) is 8.26. The maximum absolute atomic E-state index is 5.50. The van der Waals surface area contributed by atoms with E-state index in [1.807, 2.05) is 13.8 Å². The Morgan fingerprint density at radius 2 is 2.21 bits per heavy atom. The van der Waals surface area contributed by atoms with E-state index in [1.165, 1.54) is 11.3 Å². The van der Waals surface area contributed by atoms with Crippen molar-refractivity contribution in [3.63, 3.8) is 0 Å². The molecule has 14 heavy (non-hydrogen) atoms. The van der Waals surface area contributed by atoms with E-state index in [9.17, 15) is 0 Å². The normalized spacial score (nSPS) is 11.1.